The van der Waals surface area contributed by atoms with Gasteiger partial charge in [0.05, 0.1) is 0 Å². The number of carbonyl (C=O) groups excluding carboxylic acids is 1. The molecule has 0 aromatic heterocycles. The van der Waals surface area contributed by atoms with Crippen LogP contribution in [0.25, 0.3) is 10.8 Å². The Kier molecular flexibility index (Phi) is 2.09. The molecule has 0 amide bonds. The number of ether oxygens (including phenoxy) is 1. The Balaban J connectivity index is 1.62. The number of carbonyl (C=O) groups is 1. The Labute approximate surface area is 106 Å². The zero-order valence-electron chi connectivity index (χ0n) is 10.0. The maximum atomic E-state index is 11.9. The minimum Gasteiger partial charge on any atom is -0.356 e. The number of fused-ring (bicyclic) bond motifs is 1. The third kappa shape index (κ3) is 1.65. The van der Waals surface area contributed by atoms with E-state index in [9.17, 15) is 4.79 Å². The SMILES string of the molecule is O=C(C1CC1)[C@@H]1O[C@H]1c1ccc2ccccc2c1. The van der Waals surface area contributed by atoms with Gasteiger partial charge < -0.3 is 4.74 Å². The van der Waals surface area contributed by atoms with Crippen LogP contribution in [0.2, 0.25) is 0 Å². The molecule has 2 aromatic rings. The summed E-state index contributed by atoms with van der Waals surface area (Å²) in [6.07, 6.45) is 1.95. The zero-order valence-corrected chi connectivity index (χ0v) is 10.0. The molecule has 1 aliphatic heterocycles. The van der Waals surface area contributed by atoms with Crippen molar-refractivity contribution in [3.05, 3.63) is 48.0 Å². The monoisotopic (exact) mass is 238 g/mol. The molecule has 2 aliphatic rings. The van der Waals surface area contributed by atoms with Gasteiger partial charge in [-0.1, -0.05) is 36.4 Å². The van der Waals surface area contributed by atoms with E-state index in [4.69, 9.17) is 4.74 Å². The summed E-state index contributed by atoms with van der Waals surface area (Å²) < 4.78 is 5.57. The average molecular weight is 238 g/mol. The van der Waals surface area contributed by atoms with E-state index in [2.05, 4.69) is 30.3 Å². The molecule has 4 rings (SSSR count). The van der Waals surface area contributed by atoms with Crippen molar-refractivity contribution < 1.29 is 9.53 Å². The normalized spacial score (nSPS) is 26.2. The number of hydrogen-bond donors (Lipinski definition) is 0. The molecular weight excluding hydrogens is 224 g/mol. The molecule has 2 heteroatoms. The molecule has 0 N–H and O–H groups in total. The lowest BCUT2D eigenvalue weighted by molar-refractivity contribution is -0.121. The Hall–Kier alpha value is -1.67. The second-order valence-electron chi connectivity index (χ2n) is 5.26. The molecule has 0 spiro atoms. The van der Waals surface area contributed by atoms with Crippen LogP contribution < -0.4 is 0 Å². The molecule has 2 atom stereocenters. The Morgan fingerprint density at radius 3 is 2.61 bits per heavy atom. The maximum Gasteiger partial charge on any atom is 0.167 e. The third-order valence-corrected chi connectivity index (χ3v) is 3.85. The second kappa shape index (κ2) is 3.66. The molecule has 0 unspecified atom stereocenters. The smallest absolute Gasteiger partial charge is 0.167 e. The molecule has 1 saturated heterocycles. The van der Waals surface area contributed by atoms with Crippen LogP contribution in [0.1, 0.15) is 24.5 Å². The minimum atomic E-state index is -0.168. The van der Waals surface area contributed by atoms with Crippen LogP contribution in [-0.4, -0.2) is 11.9 Å². The number of benzene rings is 2. The van der Waals surface area contributed by atoms with Crippen molar-refractivity contribution in [1.29, 1.82) is 0 Å². The number of ketones is 1. The molecule has 0 bridgehead atoms. The highest BCUT2D eigenvalue weighted by Crippen LogP contribution is 2.45. The first kappa shape index (κ1) is 10.3. The van der Waals surface area contributed by atoms with Crippen molar-refractivity contribution in [2.24, 2.45) is 5.92 Å². The molecule has 2 fully saturated rings. The lowest BCUT2D eigenvalue weighted by Crippen LogP contribution is -2.09. The Bertz CT molecular complexity index is 628. The van der Waals surface area contributed by atoms with Crippen molar-refractivity contribution >= 4 is 16.6 Å². The molecular formula is C16H14O2. The van der Waals surface area contributed by atoms with Gasteiger partial charge in [-0.05, 0) is 35.2 Å². The van der Waals surface area contributed by atoms with E-state index >= 15 is 0 Å². The van der Waals surface area contributed by atoms with Gasteiger partial charge >= 0.3 is 0 Å². The number of hydrogen-bond acceptors (Lipinski definition) is 2. The number of rotatable bonds is 3. The van der Waals surface area contributed by atoms with Gasteiger partial charge in [0.1, 0.15) is 12.2 Å². The van der Waals surface area contributed by atoms with Crippen molar-refractivity contribution in [3.8, 4) is 0 Å². The summed E-state index contributed by atoms with van der Waals surface area (Å²) in [6, 6.07) is 14.6. The van der Waals surface area contributed by atoms with E-state index in [1.165, 1.54) is 10.8 Å². The summed E-state index contributed by atoms with van der Waals surface area (Å²) in [5.74, 6) is 0.605. The van der Waals surface area contributed by atoms with E-state index in [1.807, 2.05) is 12.1 Å². The predicted molar refractivity (Wildman–Crippen MR) is 69.3 cm³/mol. The first-order valence-corrected chi connectivity index (χ1v) is 6.51. The van der Waals surface area contributed by atoms with Crippen LogP contribution in [-0.2, 0) is 9.53 Å². The second-order valence-corrected chi connectivity index (χ2v) is 5.26. The van der Waals surface area contributed by atoms with Crippen LogP contribution in [0.3, 0.4) is 0 Å². The standard InChI is InChI=1S/C16H14O2/c17-14(11-6-7-11)16-15(18-16)13-8-5-10-3-1-2-4-12(10)9-13/h1-5,8-9,11,15-16H,6-7H2/t15-,16-/m0/s1. The molecule has 2 aromatic carbocycles. The lowest BCUT2D eigenvalue weighted by Gasteiger charge is -2.00. The first-order valence-electron chi connectivity index (χ1n) is 6.51. The quantitative estimate of drug-likeness (QED) is 0.768. The Morgan fingerprint density at radius 2 is 1.83 bits per heavy atom. The summed E-state index contributed by atoms with van der Waals surface area (Å²) in [6.45, 7) is 0. The topological polar surface area (TPSA) is 29.6 Å². The van der Waals surface area contributed by atoms with E-state index in [1.54, 1.807) is 0 Å². The van der Waals surface area contributed by atoms with Gasteiger partial charge in [-0.2, -0.15) is 0 Å². The van der Waals surface area contributed by atoms with Gasteiger partial charge in [-0.3, -0.25) is 4.79 Å². The molecule has 2 nitrogen and oxygen atoms in total. The summed E-state index contributed by atoms with van der Waals surface area (Å²) in [7, 11) is 0. The fraction of sp³-hybridized carbons (Fsp3) is 0.312. The van der Waals surface area contributed by atoms with E-state index in [0.717, 1.165) is 18.4 Å². The van der Waals surface area contributed by atoms with Crippen LogP contribution in [0.4, 0.5) is 0 Å². The van der Waals surface area contributed by atoms with E-state index in [0.29, 0.717) is 11.7 Å². The summed E-state index contributed by atoms with van der Waals surface area (Å²) in [5, 5.41) is 2.44. The molecule has 18 heavy (non-hydrogen) atoms. The predicted octanol–water partition coefficient (Wildman–Crippen LogP) is 3.26. The minimum absolute atomic E-state index is 0.00251. The van der Waals surface area contributed by atoms with Crippen LogP contribution in [0.5, 0.6) is 0 Å². The van der Waals surface area contributed by atoms with Gasteiger partial charge in [-0.15, -0.1) is 0 Å². The van der Waals surface area contributed by atoms with Crippen LogP contribution in [0, 0.1) is 5.92 Å². The fourth-order valence-electron chi connectivity index (χ4n) is 2.57. The molecule has 0 radical (unpaired) electrons. The molecule has 1 heterocycles. The van der Waals surface area contributed by atoms with Crippen LogP contribution in [0.15, 0.2) is 42.5 Å². The zero-order chi connectivity index (χ0) is 12.1. The van der Waals surface area contributed by atoms with Crippen LogP contribution >= 0.6 is 0 Å². The maximum absolute atomic E-state index is 11.9. The highest BCUT2D eigenvalue weighted by Gasteiger charge is 2.50. The van der Waals surface area contributed by atoms with Crippen molar-refractivity contribution in [2.75, 3.05) is 0 Å². The van der Waals surface area contributed by atoms with Gasteiger partial charge in [0.15, 0.2) is 5.78 Å². The van der Waals surface area contributed by atoms with Crippen molar-refractivity contribution in [1.82, 2.24) is 0 Å². The molecule has 1 saturated carbocycles. The summed E-state index contributed by atoms with van der Waals surface area (Å²) in [5.41, 5.74) is 1.13. The fourth-order valence-corrected chi connectivity index (χ4v) is 2.57. The van der Waals surface area contributed by atoms with Gasteiger partial charge in [0.25, 0.3) is 0 Å². The van der Waals surface area contributed by atoms with Crippen molar-refractivity contribution in [3.63, 3.8) is 0 Å². The summed E-state index contributed by atoms with van der Waals surface area (Å²) >= 11 is 0. The lowest BCUT2D eigenvalue weighted by atomic mass is 10.0. The van der Waals surface area contributed by atoms with Gasteiger partial charge in [0.2, 0.25) is 0 Å². The number of epoxide rings is 1. The first-order chi connectivity index (χ1) is 8.83. The average Bonchev–Trinajstić information content (AvgIpc) is 3.30. The van der Waals surface area contributed by atoms with Gasteiger partial charge in [0, 0.05) is 5.92 Å². The molecule has 1 aliphatic carbocycles. The third-order valence-electron chi connectivity index (χ3n) is 3.85. The van der Waals surface area contributed by atoms with Gasteiger partial charge in [-0.25, -0.2) is 0 Å². The van der Waals surface area contributed by atoms with Crippen molar-refractivity contribution in [2.45, 2.75) is 25.0 Å². The molecule has 90 valence electrons. The highest BCUT2D eigenvalue weighted by atomic mass is 16.6. The van der Waals surface area contributed by atoms with E-state index < -0.39 is 0 Å². The Morgan fingerprint density at radius 1 is 1.06 bits per heavy atom. The largest absolute Gasteiger partial charge is 0.356 e. The van der Waals surface area contributed by atoms with E-state index in [-0.39, 0.29) is 12.2 Å². The summed E-state index contributed by atoms with van der Waals surface area (Å²) in [4.78, 5) is 11.9. The number of Topliss-reactive ketones (excluding diaryl/α,β-unsaturated/α-hetero) is 1. The highest BCUT2D eigenvalue weighted by molar-refractivity contribution is 5.90.